The van der Waals surface area contributed by atoms with Crippen LogP contribution in [0.5, 0.6) is 0 Å². The Morgan fingerprint density at radius 2 is 1.76 bits per heavy atom. The summed E-state index contributed by atoms with van der Waals surface area (Å²) in [6.07, 6.45) is 0. The number of carbonyl (C=O) groups is 2. The standard InChI is InChI=1S/C12H15NO4/c1-7-4-8(11(14)16-2)5-9(6-13)10(7)12(15)17-3/h4-5H,6,13H2,1-3H3. The van der Waals surface area contributed by atoms with Gasteiger partial charge in [0.05, 0.1) is 25.3 Å². The van der Waals surface area contributed by atoms with E-state index in [1.165, 1.54) is 14.2 Å². The van der Waals surface area contributed by atoms with Crippen molar-refractivity contribution in [3.8, 4) is 0 Å². The van der Waals surface area contributed by atoms with E-state index in [1.807, 2.05) is 0 Å². The fraction of sp³-hybridized carbons (Fsp3) is 0.333. The molecule has 0 spiro atoms. The molecule has 0 aromatic heterocycles. The molecule has 17 heavy (non-hydrogen) atoms. The van der Waals surface area contributed by atoms with Crippen LogP contribution in [0.4, 0.5) is 0 Å². The van der Waals surface area contributed by atoms with Crippen molar-refractivity contribution in [1.29, 1.82) is 0 Å². The zero-order valence-corrected chi connectivity index (χ0v) is 10.1. The number of hydrogen-bond acceptors (Lipinski definition) is 5. The average Bonchev–Trinajstić information content (AvgIpc) is 2.35. The Kier molecular flexibility index (Phi) is 4.23. The third kappa shape index (κ3) is 2.62. The van der Waals surface area contributed by atoms with Crippen LogP contribution in [0.25, 0.3) is 0 Å². The third-order valence-corrected chi connectivity index (χ3v) is 2.45. The minimum Gasteiger partial charge on any atom is -0.465 e. The van der Waals surface area contributed by atoms with Gasteiger partial charge in [-0.1, -0.05) is 0 Å². The summed E-state index contributed by atoms with van der Waals surface area (Å²) in [6.45, 7) is 1.87. The molecule has 0 fully saturated rings. The highest BCUT2D eigenvalue weighted by molar-refractivity contribution is 5.96. The highest BCUT2D eigenvalue weighted by atomic mass is 16.5. The molecule has 0 saturated carbocycles. The normalized spacial score (nSPS) is 9.88. The van der Waals surface area contributed by atoms with Gasteiger partial charge in [0.2, 0.25) is 0 Å². The van der Waals surface area contributed by atoms with Crippen molar-refractivity contribution in [3.63, 3.8) is 0 Å². The van der Waals surface area contributed by atoms with E-state index in [1.54, 1.807) is 19.1 Å². The molecule has 92 valence electrons. The molecule has 1 aromatic carbocycles. The fourth-order valence-electron chi connectivity index (χ4n) is 1.65. The second-order valence-corrected chi connectivity index (χ2v) is 3.51. The number of benzene rings is 1. The summed E-state index contributed by atoms with van der Waals surface area (Å²) in [5.74, 6) is -0.918. The maximum absolute atomic E-state index is 11.6. The Morgan fingerprint density at radius 1 is 1.18 bits per heavy atom. The summed E-state index contributed by atoms with van der Waals surface area (Å²) in [5.41, 5.74) is 7.55. The van der Waals surface area contributed by atoms with Crippen LogP contribution in [-0.2, 0) is 16.0 Å². The van der Waals surface area contributed by atoms with Crippen molar-refractivity contribution < 1.29 is 19.1 Å². The van der Waals surface area contributed by atoms with Crippen molar-refractivity contribution in [3.05, 3.63) is 34.4 Å². The highest BCUT2D eigenvalue weighted by Crippen LogP contribution is 2.18. The minimum atomic E-state index is -0.459. The maximum atomic E-state index is 11.6. The van der Waals surface area contributed by atoms with Crippen molar-refractivity contribution in [2.24, 2.45) is 5.73 Å². The molecule has 0 unspecified atom stereocenters. The van der Waals surface area contributed by atoms with E-state index in [9.17, 15) is 9.59 Å². The molecule has 0 amide bonds. The second-order valence-electron chi connectivity index (χ2n) is 3.51. The van der Waals surface area contributed by atoms with Crippen LogP contribution < -0.4 is 5.73 Å². The van der Waals surface area contributed by atoms with Gasteiger partial charge in [0.1, 0.15) is 0 Å². The van der Waals surface area contributed by atoms with Crippen LogP contribution in [0.15, 0.2) is 12.1 Å². The third-order valence-electron chi connectivity index (χ3n) is 2.45. The summed E-state index contributed by atoms with van der Waals surface area (Å²) < 4.78 is 9.30. The number of aryl methyl sites for hydroxylation is 1. The number of ether oxygens (including phenoxy) is 2. The largest absolute Gasteiger partial charge is 0.465 e. The Labute approximate surface area is 99.5 Å². The van der Waals surface area contributed by atoms with Crippen molar-refractivity contribution in [2.75, 3.05) is 14.2 Å². The number of rotatable bonds is 3. The summed E-state index contributed by atoms with van der Waals surface area (Å²) in [5, 5.41) is 0. The van der Waals surface area contributed by atoms with Crippen molar-refractivity contribution in [2.45, 2.75) is 13.5 Å². The maximum Gasteiger partial charge on any atom is 0.338 e. The summed E-state index contributed by atoms with van der Waals surface area (Å²) in [7, 11) is 2.60. The first-order valence-corrected chi connectivity index (χ1v) is 5.05. The Bertz CT molecular complexity index is 454. The average molecular weight is 237 g/mol. The first-order valence-electron chi connectivity index (χ1n) is 5.05. The molecule has 0 saturated heterocycles. The second kappa shape index (κ2) is 5.45. The molecule has 0 radical (unpaired) electrons. The van der Waals surface area contributed by atoms with Gasteiger partial charge < -0.3 is 15.2 Å². The van der Waals surface area contributed by atoms with E-state index in [0.717, 1.165) is 0 Å². The van der Waals surface area contributed by atoms with Crippen LogP contribution >= 0.6 is 0 Å². The van der Waals surface area contributed by atoms with Gasteiger partial charge in [-0.3, -0.25) is 0 Å². The van der Waals surface area contributed by atoms with Crippen LogP contribution in [-0.4, -0.2) is 26.2 Å². The smallest absolute Gasteiger partial charge is 0.338 e. The zero-order valence-electron chi connectivity index (χ0n) is 10.1. The van der Waals surface area contributed by atoms with Crippen LogP contribution in [0.3, 0.4) is 0 Å². The predicted molar refractivity (Wildman–Crippen MR) is 61.7 cm³/mol. The minimum absolute atomic E-state index is 0.149. The summed E-state index contributed by atoms with van der Waals surface area (Å²) >= 11 is 0. The van der Waals surface area contributed by atoms with E-state index in [4.69, 9.17) is 5.73 Å². The van der Waals surface area contributed by atoms with E-state index in [2.05, 4.69) is 9.47 Å². The molecule has 2 N–H and O–H groups in total. The number of hydrogen-bond donors (Lipinski definition) is 1. The highest BCUT2D eigenvalue weighted by Gasteiger charge is 2.17. The van der Waals surface area contributed by atoms with E-state index < -0.39 is 11.9 Å². The molecule has 1 aromatic rings. The fourth-order valence-corrected chi connectivity index (χ4v) is 1.65. The number of esters is 2. The molecule has 1 rings (SSSR count). The van der Waals surface area contributed by atoms with E-state index in [0.29, 0.717) is 22.3 Å². The van der Waals surface area contributed by atoms with Crippen LogP contribution in [0.1, 0.15) is 31.8 Å². The SMILES string of the molecule is COC(=O)c1cc(C)c(C(=O)OC)c(CN)c1. The zero-order chi connectivity index (χ0) is 13.0. The topological polar surface area (TPSA) is 78.6 Å². The molecular weight excluding hydrogens is 222 g/mol. The Hall–Kier alpha value is -1.88. The first kappa shape index (κ1) is 13.2. The summed E-state index contributed by atoms with van der Waals surface area (Å²) in [6, 6.07) is 3.13. The molecular formula is C12H15NO4. The number of carbonyl (C=O) groups excluding carboxylic acids is 2. The molecule has 5 nitrogen and oxygen atoms in total. The molecule has 0 bridgehead atoms. The predicted octanol–water partition coefficient (Wildman–Crippen LogP) is 1.03. The monoisotopic (exact) mass is 237 g/mol. The summed E-state index contributed by atoms with van der Waals surface area (Å²) in [4.78, 5) is 23.0. The number of methoxy groups -OCH3 is 2. The Morgan fingerprint density at radius 3 is 2.24 bits per heavy atom. The molecule has 0 atom stereocenters. The van der Waals surface area contributed by atoms with Crippen molar-refractivity contribution in [1.82, 2.24) is 0 Å². The van der Waals surface area contributed by atoms with Gasteiger partial charge in [0, 0.05) is 6.54 Å². The molecule has 5 heteroatoms. The van der Waals surface area contributed by atoms with Gasteiger partial charge in [0.15, 0.2) is 0 Å². The molecule has 0 aliphatic carbocycles. The van der Waals surface area contributed by atoms with E-state index in [-0.39, 0.29) is 6.54 Å². The van der Waals surface area contributed by atoms with Gasteiger partial charge in [-0.25, -0.2) is 9.59 Å². The lowest BCUT2D eigenvalue weighted by Crippen LogP contribution is -2.13. The van der Waals surface area contributed by atoms with Crippen molar-refractivity contribution >= 4 is 11.9 Å². The van der Waals surface area contributed by atoms with Gasteiger partial charge in [-0.2, -0.15) is 0 Å². The lowest BCUT2D eigenvalue weighted by Gasteiger charge is -2.11. The van der Waals surface area contributed by atoms with Crippen LogP contribution in [0, 0.1) is 6.92 Å². The Balaban J connectivity index is 3.35. The molecule has 0 heterocycles. The quantitative estimate of drug-likeness (QED) is 0.794. The first-order chi connectivity index (χ1) is 8.04. The van der Waals surface area contributed by atoms with Gasteiger partial charge >= 0.3 is 11.9 Å². The van der Waals surface area contributed by atoms with Crippen LogP contribution in [0.2, 0.25) is 0 Å². The lowest BCUT2D eigenvalue weighted by molar-refractivity contribution is 0.0585. The molecule has 0 aliphatic heterocycles. The van der Waals surface area contributed by atoms with E-state index >= 15 is 0 Å². The van der Waals surface area contributed by atoms with Gasteiger partial charge in [0.25, 0.3) is 0 Å². The number of nitrogens with two attached hydrogens (primary N) is 1. The lowest BCUT2D eigenvalue weighted by atomic mass is 9.98. The van der Waals surface area contributed by atoms with Gasteiger partial charge in [-0.05, 0) is 30.2 Å². The van der Waals surface area contributed by atoms with Gasteiger partial charge in [-0.15, -0.1) is 0 Å². The molecule has 0 aliphatic rings.